The first-order valence-corrected chi connectivity index (χ1v) is 9.37. The Labute approximate surface area is 153 Å². The Morgan fingerprint density at radius 1 is 1.00 bits per heavy atom. The third kappa shape index (κ3) is 4.57. The topological polar surface area (TPSA) is 24.9 Å². The fourth-order valence-electron chi connectivity index (χ4n) is 2.70. The molecule has 3 aromatic rings. The SMILES string of the molecule is CC.CC(CCNc1cccc2cccnc12)c1ccccc1Br. The smallest absolute Gasteiger partial charge is 0.0933 e. The van der Waals surface area contributed by atoms with Gasteiger partial charge in [0.25, 0.3) is 0 Å². The molecule has 2 aromatic carbocycles. The number of pyridine rings is 1. The van der Waals surface area contributed by atoms with Gasteiger partial charge in [0.2, 0.25) is 0 Å². The van der Waals surface area contributed by atoms with Crippen molar-refractivity contribution in [1.82, 2.24) is 4.98 Å². The van der Waals surface area contributed by atoms with Crippen LogP contribution in [0.25, 0.3) is 10.9 Å². The second kappa shape index (κ2) is 9.43. The number of nitrogens with one attached hydrogen (secondary N) is 1. The summed E-state index contributed by atoms with van der Waals surface area (Å²) in [6.45, 7) is 7.20. The Morgan fingerprint density at radius 2 is 1.75 bits per heavy atom. The molecule has 0 aliphatic heterocycles. The number of benzene rings is 2. The van der Waals surface area contributed by atoms with E-state index in [1.165, 1.54) is 15.4 Å². The van der Waals surface area contributed by atoms with E-state index >= 15 is 0 Å². The van der Waals surface area contributed by atoms with Gasteiger partial charge in [-0.15, -0.1) is 0 Å². The third-order valence-electron chi connectivity index (χ3n) is 3.96. The predicted octanol–water partition coefficient (Wildman–Crippen LogP) is 6.63. The van der Waals surface area contributed by atoms with E-state index in [0.717, 1.165) is 24.2 Å². The van der Waals surface area contributed by atoms with E-state index in [1.54, 1.807) is 0 Å². The second-order valence-electron chi connectivity index (χ2n) is 5.52. The lowest BCUT2D eigenvalue weighted by Gasteiger charge is -2.15. The van der Waals surface area contributed by atoms with Crippen molar-refractivity contribution in [2.24, 2.45) is 0 Å². The van der Waals surface area contributed by atoms with Crippen LogP contribution in [0, 0.1) is 0 Å². The van der Waals surface area contributed by atoms with E-state index in [2.05, 4.69) is 81.7 Å². The van der Waals surface area contributed by atoms with Gasteiger partial charge in [0, 0.05) is 22.6 Å². The first-order valence-electron chi connectivity index (χ1n) is 8.58. The highest BCUT2D eigenvalue weighted by molar-refractivity contribution is 9.10. The van der Waals surface area contributed by atoms with E-state index in [4.69, 9.17) is 0 Å². The fraction of sp³-hybridized carbons (Fsp3) is 0.286. The summed E-state index contributed by atoms with van der Waals surface area (Å²) in [6.07, 6.45) is 2.92. The van der Waals surface area contributed by atoms with Crippen molar-refractivity contribution >= 4 is 32.5 Å². The van der Waals surface area contributed by atoms with Crippen molar-refractivity contribution in [2.75, 3.05) is 11.9 Å². The van der Waals surface area contributed by atoms with Crippen molar-refractivity contribution < 1.29 is 0 Å². The zero-order valence-electron chi connectivity index (χ0n) is 14.6. The highest BCUT2D eigenvalue weighted by atomic mass is 79.9. The van der Waals surface area contributed by atoms with Crippen LogP contribution in [0.5, 0.6) is 0 Å². The molecule has 0 radical (unpaired) electrons. The number of para-hydroxylation sites is 1. The number of hydrogen-bond acceptors (Lipinski definition) is 2. The molecule has 0 fully saturated rings. The average Bonchev–Trinajstić information content (AvgIpc) is 2.64. The Bertz CT molecular complexity index is 765. The summed E-state index contributed by atoms with van der Waals surface area (Å²) in [5.41, 5.74) is 3.51. The number of nitrogens with zero attached hydrogens (tertiary/aromatic N) is 1. The minimum atomic E-state index is 0.506. The summed E-state index contributed by atoms with van der Waals surface area (Å²) >= 11 is 3.64. The number of anilines is 1. The highest BCUT2D eigenvalue weighted by Crippen LogP contribution is 2.27. The van der Waals surface area contributed by atoms with E-state index in [1.807, 2.05) is 26.1 Å². The number of hydrogen-bond donors (Lipinski definition) is 1. The highest BCUT2D eigenvalue weighted by Gasteiger charge is 2.09. The predicted molar refractivity (Wildman–Crippen MR) is 109 cm³/mol. The van der Waals surface area contributed by atoms with Crippen molar-refractivity contribution in [3.63, 3.8) is 0 Å². The molecule has 126 valence electrons. The van der Waals surface area contributed by atoms with E-state index in [9.17, 15) is 0 Å². The van der Waals surface area contributed by atoms with Gasteiger partial charge in [0.15, 0.2) is 0 Å². The molecule has 0 amide bonds. The second-order valence-corrected chi connectivity index (χ2v) is 6.37. The van der Waals surface area contributed by atoms with Crippen LogP contribution in [0.15, 0.2) is 65.3 Å². The van der Waals surface area contributed by atoms with Gasteiger partial charge in [-0.05, 0) is 36.1 Å². The molecule has 2 nitrogen and oxygen atoms in total. The molecular weight excluding hydrogens is 360 g/mol. The Kier molecular flexibility index (Phi) is 7.26. The molecule has 3 rings (SSSR count). The Morgan fingerprint density at radius 3 is 2.54 bits per heavy atom. The summed E-state index contributed by atoms with van der Waals surface area (Å²) in [7, 11) is 0. The van der Waals surface area contributed by atoms with Crippen LogP contribution in [-0.4, -0.2) is 11.5 Å². The number of fused-ring (bicyclic) bond motifs is 1. The summed E-state index contributed by atoms with van der Waals surface area (Å²) < 4.78 is 1.19. The Balaban J connectivity index is 0.00000100. The molecule has 0 bridgehead atoms. The van der Waals surface area contributed by atoms with Crippen molar-refractivity contribution in [3.05, 3.63) is 70.8 Å². The van der Waals surface area contributed by atoms with Crippen LogP contribution in [0.4, 0.5) is 5.69 Å². The molecule has 1 aromatic heterocycles. The molecule has 0 saturated carbocycles. The van der Waals surface area contributed by atoms with Crippen LogP contribution < -0.4 is 5.32 Å². The first kappa shape index (κ1) is 18.5. The maximum atomic E-state index is 4.48. The molecule has 24 heavy (non-hydrogen) atoms. The van der Waals surface area contributed by atoms with Crippen LogP contribution in [0.2, 0.25) is 0 Å². The van der Waals surface area contributed by atoms with Gasteiger partial charge in [0.05, 0.1) is 11.2 Å². The zero-order valence-corrected chi connectivity index (χ0v) is 16.2. The maximum Gasteiger partial charge on any atom is 0.0933 e. The lowest BCUT2D eigenvalue weighted by atomic mass is 9.98. The molecule has 1 unspecified atom stereocenters. The van der Waals surface area contributed by atoms with Crippen molar-refractivity contribution in [1.29, 1.82) is 0 Å². The van der Waals surface area contributed by atoms with Gasteiger partial charge >= 0.3 is 0 Å². The number of aromatic nitrogens is 1. The van der Waals surface area contributed by atoms with Crippen LogP contribution in [-0.2, 0) is 0 Å². The van der Waals surface area contributed by atoms with Gasteiger partial charge in [-0.25, -0.2) is 0 Å². The quantitative estimate of drug-likeness (QED) is 0.533. The largest absolute Gasteiger partial charge is 0.383 e. The van der Waals surface area contributed by atoms with E-state index in [0.29, 0.717) is 5.92 Å². The molecule has 1 heterocycles. The lowest BCUT2D eigenvalue weighted by Crippen LogP contribution is -2.07. The van der Waals surface area contributed by atoms with E-state index in [-0.39, 0.29) is 0 Å². The summed E-state index contributed by atoms with van der Waals surface area (Å²) in [5, 5.41) is 4.70. The summed E-state index contributed by atoms with van der Waals surface area (Å²) in [5.74, 6) is 0.506. The minimum absolute atomic E-state index is 0.506. The van der Waals surface area contributed by atoms with Crippen LogP contribution in [0.1, 0.15) is 38.7 Å². The molecule has 0 saturated heterocycles. The molecule has 0 aliphatic carbocycles. The standard InChI is InChI=1S/C19H19BrN2.C2H6/c1-14(16-8-2-3-9-17(16)20)11-13-21-18-10-4-6-15-7-5-12-22-19(15)18;1-2/h2-10,12,14,21H,11,13H2,1H3;1-2H3. The van der Waals surface area contributed by atoms with E-state index < -0.39 is 0 Å². The molecule has 1 N–H and O–H groups in total. The normalized spacial score (nSPS) is 11.5. The van der Waals surface area contributed by atoms with Gasteiger partial charge in [0.1, 0.15) is 0 Å². The van der Waals surface area contributed by atoms with Crippen LogP contribution >= 0.6 is 15.9 Å². The number of rotatable bonds is 5. The average molecular weight is 385 g/mol. The zero-order chi connectivity index (χ0) is 17.4. The maximum absolute atomic E-state index is 4.48. The van der Waals surface area contributed by atoms with Gasteiger partial charge in [-0.3, -0.25) is 4.98 Å². The lowest BCUT2D eigenvalue weighted by molar-refractivity contribution is 0.703. The first-order chi connectivity index (χ1) is 11.8. The minimum Gasteiger partial charge on any atom is -0.383 e. The Hall–Kier alpha value is -1.87. The number of halogens is 1. The van der Waals surface area contributed by atoms with Crippen LogP contribution in [0.3, 0.4) is 0 Å². The van der Waals surface area contributed by atoms with Crippen molar-refractivity contribution in [2.45, 2.75) is 33.1 Å². The molecule has 1 atom stereocenters. The molecule has 0 aliphatic rings. The van der Waals surface area contributed by atoms with Gasteiger partial charge in [-0.2, -0.15) is 0 Å². The summed E-state index contributed by atoms with van der Waals surface area (Å²) in [4.78, 5) is 4.48. The fourth-order valence-corrected chi connectivity index (χ4v) is 3.38. The molecule has 3 heteroatoms. The van der Waals surface area contributed by atoms with Gasteiger partial charge < -0.3 is 5.32 Å². The monoisotopic (exact) mass is 384 g/mol. The molecule has 0 spiro atoms. The summed E-state index contributed by atoms with van der Waals surface area (Å²) in [6, 6.07) is 18.8. The van der Waals surface area contributed by atoms with Crippen molar-refractivity contribution in [3.8, 4) is 0 Å². The van der Waals surface area contributed by atoms with Gasteiger partial charge in [-0.1, -0.05) is 73.1 Å². The molecular formula is C21H25BrN2. The third-order valence-corrected chi connectivity index (χ3v) is 4.68.